The Kier molecular flexibility index (Phi) is 5.66. The molecule has 0 radical (unpaired) electrons. The van der Waals surface area contributed by atoms with Crippen LogP contribution in [0.5, 0.6) is 0 Å². The third-order valence-corrected chi connectivity index (χ3v) is 1.91. The Hall–Kier alpha value is -0.610. The van der Waals surface area contributed by atoms with E-state index in [1.54, 1.807) is 0 Å². The van der Waals surface area contributed by atoms with E-state index < -0.39 is 0 Å². The molecule has 0 aliphatic carbocycles. The summed E-state index contributed by atoms with van der Waals surface area (Å²) in [5.74, 6) is -0.332. The predicted octanol–water partition coefficient (Wildman–Crippen LogP) is -0.612. The number of nitrogens with zero attached hydrogens (tertiary/aromatic N) is 1. The van der Waals surface area contributed by atoms with Crippen molar-refractivity contribution in [2.45, 2.75) is 13.8 Å². The highest BCUT2D eigenvalue weighted by Crippen LogP contribution is 1.97. The van der Waals surface area contributed by atoms with E-state index in [4.69, 9.17) is 11.5 Å². The molecule has 0 fully saturated rings. The Morgan fingerprint density at radius 2 is 2.17 bits per heavy atom. The lowest BCUT2D eigenvalue weighted by atomic mass is 10.1. The van der Waals surface area contributed by atoms with Gasteiger partial charge < -0.3 is 16.4 Å². The maximum atomic E-state index is 10.7. The maximum absolute atomic E-state index is 10.7. The second-order valence-electron chi connectivity index (χ2n) is 2.99. The Balaban J connectivity index is 3.76. The normalized spacial score (nSPS) is 13.3. The number of likely N-dealkylation sites (N-methyl/N-ethyl adjacent to an activating group) is 1. The molecule has 0 rings (SSSR count). The van der Waals surface area contributed by atoms with E-state index in [9.17, 15) is 4.79 Å². The maximum Gasteiger partial charge on any atom is 0.221 e. The molecular weight excluding hydrogens is 154 g/mol. The lowest BCUT2D eigenvalue weighted by Crippen LogP contribution is -2.37. The first-order chi connectivity index (χ1) is 5.61. The van der Waals surface area contributed by atoms with Crippen LogP contribution in [0.15, 0.2) is 0 Å². The molecule has 1 amide bonds. The minimum Gasteiger partial charge on any atom is -0.369 e. The van der Waals surface area contributed by atoms with Crippen molar-refractivity contribution in [2.24, 2.45) is 17.4 Å². The van der Waals surface area contributed by atoms with Crippen molar-refractivity contribution in [3.8, 4) is 0 Å². The van der Waals surface area contributed by atoms with Crippen LogP contribution in [0, 0.1) is 5.92 Å². The second-order valence-corrected chi connectivity index (χ2v) is 2.99. The van der Waals surface area contributed by atoms with Gasteiger partial charge in [0.15, 0.2) is 0 Å². The first kappa shape index (κ1) is 11.4. The highest BCUT2D eigenvalue weighted by Gasteiger charge is 2.12. The third kappa shape index (κ3) is 4.31. The fourth-order valence-electron chi connectivity index (χ4n) is 1.04. The van der Waals surface area contributed by atoms with Gasteiger partial charge in [-0.3, -0.25) is 4.79 Å². The van der Waals surface area contributed by atoms with E-state index >= 15 is 0 Å². The summed E-state index contributed by atoms with van der Waals surface area (Å²) >= 11 is 0. The number of rotatable bonds is 6. The fourth-order valence-corrected chi connectivity index (χ4v) is 1.04. The van der Waals surface area contributed by atoms with Crippen LogP contribution < -0.4 is 11.5 Å². The molecule has 0 bridgehead atoms. The smallest absolute Gasteiger partial charge is 0.221 e. The molecule has 4 N–H and O–H groups in total. The molecule has 0 saturated carbocycles. The van der Waals surface area contributed by atoms with E-state index in [0.717, 1.165) is 13.1 Å². The van der Waals surface area contributed by atoms with Crippen LogP contribution in [0.1, 0.15) is 13.8 Å². The quantitative estimate of drug-likeness (QED) is 0.562. The molecule has 0 aliphatic rings. The molecule has 0 heterocycles. The SMILES string of the molecule is CCN(CCN)CC(C)C(N)=O. The van der Waals surface area contributed by atoms with Gasteiger partial charge in [0.2, 0.25) is 5.91 Å². The van der Waals surface area contributed by atoms with Gasteiger partial charge in [0.25, 0.3) is 0 Å². The van der Waals surface area contributed by atoms with Gasteiger partial charge in [-0.1, -0.05) is 13.8 Å². The van der Waals surface area contributed by atoms with Crippen molar-refractivity contribution in [3.05, 3.63) is 0 Å². The standard InChI is InChI=1S/C8H19N3O/c1-3-11(5-4-9)6-7(2)8(10)12/h7H,3-6,9H2,1-2H3,(H2,10,12). The zero-order valence-electron chi connectivity index (χ0n) is 7.92. The summed E-state index contributed by atoms with van der Waals surface area (Å²) in [5, 5.41) is 0. The van der Waals surface area contributed by atoms with Gasteiger partial charge in [-0.05, 0) is 6.54 Å². The Bertz CT molecular complexity index is 138. The monoisotopic (exact) mass is 173 g/mol. The van der Waals surface area contributed by atoms with E-state index in [-0.39, 0.29) is 11.8 Å². The molecule has 12 heavy (non-hydrogen) atoms. The average Bonchev–Trinajstić information content (AvgIpc) is 2.03. The van der Waals surface area contributed by atoms with Gasteiger partial charge in [-0.25, -0.2) is 0 Å². The molecular formula is C8H19N3O. The Labute approximate surface area is 73.9 Å². The lowest BCUT2D eigenvalue weighted by Gasteiger charge is -2.21. The molecule has 0 aromatic heterocycles. The molecule has 0 aromatic carbocycles. The Morgan fingerprint density at radius 3 is 2.50 bits per heavy atom. The van der Waals surface area contributed by atoms with Gasteiger partial charge >= 0.3 is 0 Å². The number of nitrogens with two attached hydrogens (primary N) is 2. The first-order valence-corrected chi connectivity index (χ1v) is 4.33. The van der Waals surface area contributed by atoms with E-state index in [0.29, 0.717) is 13.1 Å². The summed E-state index contributed by atoms with van der Waals surface area (Å²) in [4.78, 5) is 12.8. The van der Waals surface area contributed by atoms with Gasteiger partial charge in [0.05, 0.1) is 0 Å². The molecule has 0 spiro atoms. The third-order valence-electron chi connectivity index (χ3n) is 1.91. The van der Waals surface area contributed by atoms with Crippen LogP contribution in [0.25, 0.3) is 0 Å². The number of hydrogen-bond donors (Lipinski definition) is 2. The highest BCUT2D eigenvalue weighted by molar-refractivity contribution is 5.76. The molecule has 0 saturated heterocycles. The van der Waals surface area contributed by atoms with Crippen molar-refractivity contribution < 1.29 is 4.79 Å². The van der Waals surface area contributed by atoms with Crippen LogP contribution in [-0.4, -0.2) is 37.0 Å². The summed E-state index contributed by atoms with van der Waals surface area (Å²) in [6.45, 7) is 6.95. The van der Waals surface area contributed by atoms with E-state index in [1.807, 2.05) is 13.8 Å². The summed E-state index contributed by atoms with van der Waals surface area (Å²) in [5.41, 5.74) is 10.5. The molecule has 1 atom stereocenters. The van der Waals surface area contributed by atoms with Crippen molar-refractivity contribution >= 4 is 5.91 Å². The molecule has 4 nitrogen and oxygen atoms in total. The van der Waals surface area contributed by atoms with Crippen LogP contribution in [0.2, 0.25) is 0 Å². The lowest BCUT2D eigenvalue weighted by molar-refractivity contribution is -0.121. The van der Waals surface area contributed by atoms with Crippen molar-refractivity contribution in [1.29, 1.82) is 0 Å². The van der Waals surface area contributed by atoms with Crippen LogP contribution in [0.4, 0.5) is 0 Å². The van der Waals surface area contributed by atoms with Gasteiger partial charge in [-0.15, -0.1) is 0 Å². The fraction of sp³-hybridized carbons (Fsp3) is 0.875. The van der Waals surface area contributed by atoms with Crippen molar-refractivity contribution in [1.82, 2.24) is 4.90 Å². The van der Waals surface area contributed by atoms with Gasteiger partial charge in [-0.2, -0.15) is 0 Å². The van der Waals surface area contributed by atoms with E-state index in [1.165, 1.54) is 0 Å². The second kappa shape index (κ2) is 5.97. The number of carbonyl (C=O) groups is 1. The number of hydrogen-bond acceptors (Lipinski definition) is 3. The molecule has 0 aliphatic heterocycles. The van der Waals surface area contributed by atoms with Crippen molar-refractivity contribution in [2.75, 3.05) is 26.2 Å². The topological polar surface area (TPSA) is 72.3 Å². The predicted molar refractivity (Wildman–Crippen MR) is 49.5 cm³/mol. The average molecular weight is 173 g/mol. The summed E-state index contributed by atoms with van der Waals surface area (Å²) in [6, 6.07) is 0. The largest absolute Gasteiger partial charge is 0.369 e. The minimum absolute atomic E-state index is 0.0866. The summed E-state index contributed by atoms with van der Waals surface area (Å²) in [7, 11) is 0. The van der Waals surface area contributed by atoms with E-state index in [2.05, 4.69) is 4.90 Å². The van der Waals surface area contributed by atoms with Crippen molar-refractivity contribution in [3.63, 3.8) is 0 Å². The first-order valence-electron chi connectivity index (χ1n) is 4.33. The molecule has 0 aromatic rings. The zero-order chi connectivity index (χ0) is 9.56. The minimum atomic E-state index is -0.245. The van der Waals surface area contributed by atoms with Crippen LogP contribution in [0.3, 0.4) is 0 Å². The van der Waals surface area contributed by atoms with Gasteiger partial charge in [0, 0.05) is 25.6 Å². The van der Waals surface area contributed by atoms with Crippen LogP contribution in [-0.2, 0) is 4.79 Å². The molecule has 72 valence electrons. The zero-order valence-corrected chi connectivity index (χ0v) is 7.92. The molecule has 1 unspecified atom stereocenters. The highest BCUT2D eigenvalue weighted by atomic mass is 16.1. The van der Waals surface area contributed by atoms with Gasteiger partial charge in [0.1, 0.15) is 0 Å². The number of carbonyl (C=O) groups excluding carboxylic acids is 1. The van der Waals surface area contributed by atoms with Crippen LogP contribution >= 0.6 is 0 Å². The Morgan fingerprint density at radius 1 is 1.58 bits per heavy atom. The summed E-state index contributed by atoms with van der Waals surface area (Å²) < 4.78 is 0. The number of amides is 1. The number of primary amides is 1. The summed E-state index contributed by atoms with van der Waals surface area (Å²) in [6.07, 6.45) is 0. The molecule has 4 heteroatoms.